The van der Waals surface area contributed by atoms with E-state index in [2.05, 4.69) is 11.9 Å². The monoisotopic (exact) mass is 239 g/mol. The lowest BCUT2D eigenvalue weighted by Gasteiger charge is -2.43. The molecule has 4 nitrogen and oxygen atoms in total. The van der Waals surface area contributed by atoms with Gasteiger partial charge in [-0.25, -0.2) is 0 Å². The van der Waals surface area contributed by atoms with Crippen LogP contribution in [0.4, 0.5) is 0 Å². The Bertz CT molecular complexity index is 283. The molecule has 0 aromatic carbocycles. The van der Waals surface area contributed by atoms with Crippen LogP contribution in [0.15, 0.2) is 0 Å². The predicted octanol–water partition coefficient (Wildman–Crippen LogP) is 0.526. The van der Waals surface area contributed by atoms with Crippen molar-refractivity contribution in [3.63, 3.8) is 0 Å². The maximum absolute atomic E-state index is 12.3. The van der Waals surface area contributed by atoms with Crippen LogP contribution in [-0.2, 0) is 4.79 Å². The Morgan fingerprint density at radius 1 is 1.53 bits per heavy atom. The number of carbonyl (C=O) groups excluding carboxylic acids is 1. The van der Waals surface area contributed by atoms with Crippen LogP contribution in [0.2, 0.25) is 0 Å². The van der Waals surface area contributed by atoms with Crippen molar-refractivity contribution in [1.82, 2.24) is 9.80 Å². The van der Waals surface area contributed by atoms with Crippen LogP contribution in [0.1, 0.15) is 25.7 Å². The summed E-state index contributed by atoms with van der Waals surface area (Å²) in [6.07, 6.45) is 4.65. The Kier molecular flexibility index (Phi) is 3.73. The standard InChI is InChI=1S/C13H25N3O/c1-15-7-4-11(8-15)12(17)16(2)10-13(9-14)5-3-6-13/h11H,3-10,14H2,1-2H3. The van der Waals surface area contributed by atoms with Gasteiger partial charge in [0.05, 0.1) is 5.92 Å². The zero-order chi connectivity index (χ0) is 12.5. The first-order chi connectivity index (χ1) is 8.06. The minimum atomic E-state index is 0.208. The zero-order valence-electron chi connectivity index (χ0n) is 11.1. The van der Waals surface area contributed by atoms with Gasteiger partial charge >= 0.3 is 0 Å². The molecule has 1 aliphatic heterocycles. The van der Waals surface area contributed by atoms with Crippen molar-refractivity contribution in [3.05, 3.63) is 0 Å². The van der Waals surface area contributed by atoms with Gasteiger partial charge in [-0.15, -0.1) is 0 Å². The normalized spacial score (nSPS) is 27.8. The van der Waals surface area contributed by atoms with Crippen molar-refractivity contribution >= 4 is 5.91 Å². The fraction of sp³-hybridized carbons (Fsp3) is 0.923. The highest BCUT2D eigenvalue weighted by Gasteiger charge is 2.38. The molecule has 2 rings (SSSR count). The summed E-state index contributed by atoms with van der Waals surface area (Å²) in [5.74, 6) is 0.522. The summed E-state index contributed by atoms with van der Waals surface area (Å²) in [5.41, 5.74) is 6.08. The van der Waals surface area contributed by atoms with Gasteiger partial charge in [0, 0.05) is 25.6 Å². The molecule has 1 saturated carbocycles. The second kappa shape index (κ2) is 4.94. The average Bonchev–Trinajstić information content (AvgIpc) is 2.69. The van der Waals surface area contributed by atoms with Gasteiger partial charge in [-0.2, -0.15) is 0 Å². The number of likely N-dealkylation sites (tertiary alicyclic amines) is 1. The van der Waals surface area contributed by atoms with E-state index in [1.54, 1.807) is 0 Å². The highest BCUT2D eigenvalue weighted by atomic mass is 16.2. The Morgan fingerprint density at radius 2 is 2.24 bits per heavy atom. The van der Waals surface area contributed by atoms with Crippen molar-refractivity contribution in [2.24, 2.45) is 17.1 Å². The van der Waals surface area contributed by atoms with Crippen LogP contribution >= 0.6 is 0 Å². The molecule has 1 atom stereocenters. The lowest BCUT2D eigenvalue weighted by Crippen LogP contribution is -2.48. The highest BCUT2D eigenvalue weighted by molar-refractivity contribution is 5.79. The molecule has 1 amide bonds. The Balaban J connectivity index is 1.87. The summed E-state index contributed by atoms with van der Waals surface area (Å²) in [6, 6.07) is 0. The third kappa shape index (κ3) is 2.63. The molecule has 2 aliphatic rings. The van der Waals surface area contributed by atoms with Crippen LogP contribution < -0.4 is 5.73 Å². The second-order valence-electron chi connectivity index (χ2n) is 6.00. The summed E-state index contributed by atoms with van der Waals surface area (Å²) in [6.45, 7) is 3.53. The molecule has 2 fully saturated rings. The third-order valence-corrected chi connectivity index (χ3v) is 4.54. The molecule has 17 heavy (non-hydrogen) atoms. The maximum Gasteiger partial charge on any atom is 0.226 e. The van der Waals surface area contributed by atoms with E-state index in [1.165, 1.54) is 19.3 Å². The van der Waals surface area contributed by atoms with Crippen LogP contribution in [0.3, 0.4) is 0 Å². The molecule has 4 heteroatoms. The molecule has 1 saturated heterocycles. The number of rotatable bonds is 4. The molecule has 1 unspecified atom stereocenters. The molecule has 1 aliphatic carbocycles. The van der Waals surface area contributed by atoms with Crippen LogP contribution in [0.5, 0.6) is 0 Å². The van der Waals surface area contributed by atoms with E-state index in [1.807, 2.05) is 11.9 Å². The van der Waals surface area contributed by atoms with Crippen molar-refractivity contribution in [1.29, 1.82) is 0 Å². The van der Waals surface area contributed by atoms with Gasteiger partial charge < -0.3 is 15.5 Å². The number of nitrogens with zero attached hydrogens (tertiary/aromatic N) is 2. The minimum absolute atomic E-state index is 0.208. The summed E-state index contributed by atoms with van der Waals surface area (Å²) in [7, 11) is 4.02. The molecule has 0 aromatic rings. The SMILES string of the molecule is CN1CCC(C(=O)N(C)CC2(CN)CCC2)C1. The van der Waals surface area contributed by atoms with E-state index in [9.17, 15) is 4.79 Å². The van der Waals surface area contributed by atoms with Crippen molar-refractivity contribution < 1.29 is 4.79 Å². The largest absolute Gasteiger partial charge is 0.345 e. The summed E-state index contributed by atoms with van der Waals surface area (Å²) in [4.78, 5) is 16.4. The van der Waals surface area contributed by atoms with Crippen LogP contribution in [0, 0.1) is 11.3 Å². The van der Waals surface area contributed by atoms with Gasteiger partial charge in [0.2, 0.25) is 5.91 Å². The van der Waals surface area contributed by atoms with E-state index >= 15 is 0 Å². The predicted molar refractivity (Wildman–Crippen MR) is 68.6 cm³/mol. The van der Waals surface area contributed by atoms with E-state index in [0.717, 1.165) is 32.6 Å². The summed E-state index contributed by atoms with van der Waals surface area (Å²) >= 11 is 0. The van der Waals surface area contributed by atoms with Gasteiger partial charge in [-0.1, -0.05) is 6.42 Å². The first-order valence-corrected chi connectivity index (χ1v) is 6.70. The van der Waals surface area contributed by atoms with Gasteiger partial charge in [-0.05, 0) is 39.4 Å². The second-order valence-corrected chi connectivity index (χ2v) is 6.00. The summed E-state index contributed by atoms with van der Waals surface area (Å²) < 4.78 is 0. The van der Waals surface area contributed by atoms with Gasteiger partial charge in [0.15, 0.2) is 0 Å². The lowest BCUT2D eigenvalue weighted by molar-refractivity contribution is -0.136. The fourth-order valence-electron chi connectivity index (χ4n) is 3.13. The molecule has 0 spiro atoms. The number of nitrogens with two attached hydrogens (primary N) is 1. The number of carbonyl (C=O) groups is 1. The van der Waals surface area contributed by atoms with Gasteiger partial charge in [0.1, 0.15) is 0 Å². The quantitative estimate of drug-likeness (QED) is 0.778. The number of hydrogen-bond acceptors (Lipinski definition) is 3. The first-order valence-electron chi connectivity index (χ1n) is 6.70. The third-order valence-electron chi connectivity index (χ3n) is 4.54. The fourth-order valence-corrected chi connectivity index (χ4v) is 3.13. The van der Waals surface area contributed by atoms with Gasteiger partial charge in [-0.3, -0.25) is 4.79 Å². The Hall–Kier alpha value is -0.610. The molecule has 2 N–H and O–H groups in total. The highest BCUT2D eigenvalue weighted by Crippen LogP contribution is 2.40. The molecule has 1 heterocycles. The molecular weight excluding hydrogens is 214 g/mol. The topological polar surface area (TPSA) is 49.6 Å². The van der Waals surface area contributed by atoms with E-state index < -0.39 is 0 Å². The first kappa shape index (κ1) is 12.8. The van der Waals surface area contributed by atoms with E-state index in [-0.39, 0.29) is 11.3 Å². The number of amides is 1. The molecule has 0 bridgehead atoms. The minimum Gasteiger partial charge on any atom is -0.345 e. The van der Waals surface area contributed by atoms with Crippen molar-refractivity contribution in [2.75, 3.05) is 40.3 Å². The molecular formula is C13H25N3O. The molecule has 0 aromatic heterocycles. The van der Waals surface area contributed by atoms with E-state index in [4.69, 9.17) is 5.73 Å². The van der Waals surface area contributed by atoms with Crippen LogP contribution in [0.25, 0.3) is 0 Å². The van der Waals surface area contributed by atoms with E-state index in [0.29, 0.717) is 5.91 Å². The van der Waals surface area contributed by atoms with Crippen molar-refractivity contribution in [3.8, 4) is 0 Å². The van der Waals surface area contributed by atoms with Gasteiger partial charge in [0.25, 0.3) is 0 Å². The van der Waals surface area contributed by atoms with Crippen molar-refractivity contribution in [2.45, 2.75) is 25.7 Å². The smallest absolute Gasteiger partial charge is 0.226 e. The Morgan fingerprint density at radius 3 is 2.65 bits per heavy atom. The lowest BCUT2D eigenvalue weighted by atomic mass is 9.68. The summed E-state index contributed by atoms with van der Waals surface area (Å²) in [5, 5.41) is 0. The average molecular weight is 239 g/mol. The zero-order valence-corrected chi connectivity index (χ0v) is 11.1. The Labute approximate surface area is 104 Å². The van der Waals surface area contributed by atoms with Crippen LogP contribution in [-0.4, -0.2) is 56.0 Å². The number of hydrogen-bond donors (Lipinski definition) is 1. The molecule has 0 radical (unpaired) electrons. The molecule has 98 valence electrons. The maximum atomic E-state index is 12.3.